The Morgan fingerprint density at radius 2 is 1.52 bits per heavy atom. The second-order valence-corrected chi connectivity index (χ2v) is 6.86. The van der Waals surface area contributed by atoms with Gasteiger partial charge in [-0.25, -0.2) is 15.4 Å². The number of phenols is 3. The van der Waals surface area contributed by atoms with Crippen LogP contribution < -0.4 is 5.43 Å². The number of aromatic hydroxyl groups is 3. The minimum absolute atomic E-state index is 0.00816. The van der Waals surface area contributed by atoms with Crippen molar-refractivity contribution in [2.24, 2.45) is 5.10 Å². The first kappa shape index (κ1) is 19.9. The van der Waals surface area contributed by atoms with E-state index in [4.69, 9.17) is 0 Å². The van der Waals surface area contributed by atoms with Crippen molar-refractivity contribution in [2.75, 3.05) is 5.43 Å². The lowest BCUT2D eigenvalue weighted by Gasteiger charge is -2.09. The molecule has 1 aromatic heterocycles. The van der Waals surface area contributed by atoms with Crippen LogP contribution in [0.4, 0.5) is 5.95 Å². The van der Waals surface area contributed by atoms with E-state index in [0.717, 1.165) is 5.56 Å². The average Bonchev–Trinajstić information content (AvgIpc) is 2.80. The molecule has 0 unspecified atom stereocenters. The van der Waals surface area contributed by atoms with Gasteiger partial charge in [-0.05, 0) is 37.3 Å². The number of rotatable bonds is 5. The standard InChI is InChI=1S/C24H20N4O3/c1-15-21(29)12-11-17(23(15)31)14-25-28-24-26-19(16-7-3-2-4-8-16)13-20(27-24)18-9-5-6-10-22(18)30/h2-14,29-31H,1H3,(H,26,27,28)/b25-14+. The fourth-order valence-electron chi connectivity index (χ4n) is 3.06. The van der Waals surface area contributed by atoms with Crippen LogP contribution in [0.3, 0.4) is 0 Å². The van der Waals surface area contributed by atoms with Crippen LogP contribution in [0.15, 0.2) is 77.9 Å². The van der Waals surface area contributed by atoms with Crippen molar-refractivity contribution in [1.29, 1.82) is 0 Å². The van der Waals surface area contributed by atoms with Gasteiger partial charge in [0, 0.05) is 22.3 Å². The lowest BCUT2D eigenvalue weighted by molar-refractivity contribution is 0.442. The molecule has 7 nitrogen and oxygen atoms in total. The molecule has 0 aliphatic heterocycles. The Kier molecular flexibility index (Phi) is 5.49. The van der Waals surface area contributed by atoms with E-state index in [9.17, 15) is 15.3 Å². The molecule has 4 aromatic rings. The molecule has 31 heavy (non-hydrogen) atoms. The Balaban J connectivity index is 1.71. The second-order valence-electron chi connectivity index (χ2n) is 6.86. The van der Waals surface area contributed by atoms with Gasteiger partial charge in [0.15, 0.2) is 0 Å². The van der Waals surface area contributed by atoms with Crippen molar-refractivity contribution >= 4 is 12.2 Å². The fourth-order valence-corrected chi connectivity index (χ4v) is 3.06. The highest BCUT2D eigenvalue weighted by Gasteiger charge is 2.11. The highest BCUT2D eigenvalue weighted by molar-refractivity contribution is 5.85. The third-order valence-electron chi connectivity index (χ3n) is 4.78. The Bertz CT molecular complexity index is 1260. The maximum atomic E-state index is 10.3. The highest BCUT2D eigenvalue weighted by Crippen LogP contribution is 2.31. The number of anilines is 1. The first-order chi connectivity index (χ1) is 15.0. The molecular weight excluding hydrogens is 392 g/mol. The van der Waals surface area contributed by atoms with Crippen molar-refractivity contribution < 1.29 is 15.3 Å². The van der Waals surface area contributed by atoms with Gasteiger partial charge >= 0.3 is 0 Å². The number of aromatic nitrogens is 2. The van der Waals surface area contributed by atoms with Gasteiger partial charge in [-0.3, -0.25) is 0 Å². The fraction of sp³-hybridized carbons (Fsp3) is 0.0417. The number of nitrogens with zero attached hydrogens (tertiary/aromatic N) is 3. The minimum atomic E-state index is -0.0561. The largest absolute Gasteiger partial charge is 0.508 e. The molecule has 0 radical (unpaired) electrons. The van der Waals surface area contributed by atoms with Gasteiger partial charge in [0.2, 0.25) is 5.95 Å². The average molecular weight is 412 g/mol. The molecule has 4 N–H and O–H groups in total. The lowest BCUT2D eigenvalue weighted by Crippen LogP contribution is -2.00. The maximum Gasteiger partial charge on any atom is 0.244 e. The molecule has 4 rings (SSSR count). The van der Waals surface area contributed by atoms with E-state index in [-0.39, 0.29) is 23.2 Å². The Morgan fingerprint density at radius 3 is 2.29 bits per heavy atom. The molecule has 0 bridgehead atoms. The number of hydrogen-bond acceptors (Lipinski definition) is 7. The van der Waals surface area contributed by atoms with Gasteiger partial charge in [-0.1, -0.05) is 42.5 Å². The molecule has 0 saturated heterocycles. The van der Waals surface area contributed by atoms with Crippen molar-refractivity contribution in [1.82, 2.24) is 9.97 Å². The monoisotopic (exact) mass is 412 g/mol. The van der Waals surface area contributed by atoms with E-state index in [1.54, 1.807) is 37.3 Å². The first-order valence-corrected chi connectivity index (χ1v) is 9.56. The summed E-state index contributed by atoms with van der Waals surface area (Å²) in [6.45, 7) is 1.61. The van der Waals surface area contributed by atoms with Crippen molar-refractivity contribution in [3.05, 3.63) is 83.9 Å². The van der Waals surface area contributed by atoms with E-state index >= 15 is 0 Å². The zero-order valence-corrected chi connectivity index (χ0v) is 16.7. The van der Waals surface area contributed by atoms with Gasteiger partial charge in [0.1, 0.15) is 17.2 Å². The Labute approximate surface area is 179 Å². The predicted octanol–water partition coefficient (Wildman–Crippen LogP) is 4.68. The third kappa shape index (κ3) is 4.30. The van der Waals surface area contributed by atoms with Gasteiger partial charge in [-0.2, -0.15) is 5.10 Å². The zero-order valence-electron chi connectivity index (χ0n) is 16.7. The zero-order chi connectivity index (χ0) is 21.8. The molecule has 0 fully saturated rings. The number of nitrogens with one attached hydrogen (secondary N) is 1. The molecule has 7 heteroatoms. The van der Waals surface area contributed by atoms with Crippen LogP contribution in [0.25, 0.3) is 22.5 Å². The molecule has 0 aliphatic rings. The Morgan fingerprint density at radius 1 is 0.806 bits per heavy atom. The summed E-state index contributed by atoms with van der Waals surface area (Å²) in [7, 11) is 0. The molecule has 0 spiro atoms. The van der Waals surface area contributed by atoms with Crippen LogP contribution in [0, 0.1) is 6.92 Å². The highest BCUT2D eigenvalue weighted by atomic mass is 16.3. The summed E-state index contributed by atoms with van der Waals surface area (Å²) in [4.78, 5) is 9.00. The smallest absolute Gasteiger partial charge is 0.244 e. The van der Waals surface area contributed by atoms with Gasteiger partial charge in [0.05, 0.1) is 17.6 Å². The topological polar surface area (TPSA) is 111 Å². The summed E-state index contributed by atoms with van der Waals surface area (Å²) in [5.41, 5.74) is 6.24. The summed E-state index contributed by atoms with van der Waals surface area (Å²) in [5, 5.41) is 34.2. The summed E-state index contributed by atoms with van der Waals surface area (Å²) >= 11 is 0. The SMILES string of the molecule is Cc1c(O)ccc(/C=N/Nc2nc(-c3ccccc3)cc(-c3ccccc3O)n2)c1O. The van der Waals surface area contributed by atoms with E-state index < -0.39 is 0 Å². The molecule has 0 atom stereocenters. The normalized spacial score (nSPS) is 11.0. The van der Waals surface area contributed by atoms with Crippen LogP contribution in [-0.4, -0.2) is 31.5 Å². The van der Waals surface area contributed by atoms with Crippen molar-refractivity contribution in [2.45, 2.75) is 6.92 Å². The van der Waals surface area contributed by atoms with Crippen LogP contribution in [0.1, 0.15) is 11.1 Å². The summed E-state index contributed by atoms with van der Waals surface area (Å²) in [5.74, 6) is 0.290. The van der Waals surface area contributed by atoms with Crippen LogP contribution in [-0.2, 0) is 0 Å². The third-order valence-corrected chi connectivity index (χ3v) is 4.78. The Hall–Kier alpha value is -4.39. The van der Waals surface area contributed by atoms with Gasteiger partial charge in [0.25, 0.3) is 0 Å². The first-order valence-electron chi connectivity index (χ1n) is 9.56. The number of hydrazone groups is 1. The van der Waals surface area contributed by atoms with Crippen LogP contribution in [0.5, 0.6) is 17.2 Å². The number of para-hydroxylation sites is 1. The predicted molar refractivity (Wildman–Crippen MR) is 120 cm³/mol. The molecule has 1 heterocycles. The molecular formula is C24H20N4O3. The van der Waals surface area contributed by atoms with E-state index in [2.05, 4.69) is 20.5 Å². The van der Waals surface area contributed by atoms with Crippen LogP contribution in [0.2, 0.25) is 0 Å². The van der Waals surface area contributed by atoms with Crippen molar-refractivity contribution in [3.8, 4) is 39.8 Å². The second kappa shape index (κ2) is 8.54. The summed E-state index contributed by atoms with van der Waals surface area (Å²) in [6, 6.07) is 21.4. The molecule has 0 amide bonds. The van der Waals surface area contributed by atoms with Gasteiger partial charge < -0.3 is 15.3 Å². The quantitative estimate of drug-likeness (QED) is 0.280. The van der Waals surface area contributed by atoms with E-state index in [1.165, 1.54) is 12.3 Å². The van der Waals surface area contributed by atoms with E-state index in [1.807, 2.05) is 36.4 Å². The molecule has 154 valence electrons. The molecule has 0 aliphatic carbocycles. The van der Waals surface area contributed by atoms with Crippen molar-refractivity contribution in [3.63, 3.8) is 0 Å². The van der Waals surface area contributed by atoms with Crippen LogP contribution >= 0.6 is 0 Å². The minimum Gasteiger partial charge on any atom is -0.508 e. The number of benzene rings is 3. The number of hydrogen-bond donors (Lipinski definition) is 4. The molecule has 0 saturated carbocycles. The maximum absolute atomic E-state index is 10.3. The molecule has 3 aromatic carbocycles. The number of phenolic OH excluding ortho intramolecular Hbond substituents is 3. The lowest BCUT2D eigenvalue weighted by atomic mass is 10.1. The summed E-state index contributed by atoms with van der Waals surface area (Å²) in [6.07, 6.45) is 1.42. The van der Waals surface area contributed by atoms with Gasteiger partial charge in [-0.15, -0.1) is 0 Å². The summed E-state index contributed by atoms with van der Waals surface area (Å²) < 4.78 is 0. The van der Waals surface area contributed by atoms with E-state index in [0.29, 0.717) is 28.1 Å².